The number of benzene rings is 1. The molecule has 2 aliphatic rings. The van der Waals surface area contributed by atoms with Crippen LogP contribution in [0.5, 0.6) is 0 Å². The topological polar surface area (TPSA) is 26.3 Å². The minimum atomic E-state index is -0.376. The minimum Gasteiger partial charge on any atom is -0.375 e. The molecule has 0 bridgehead atoms. The average molecular weight is 341 g/mol. The van der Waals surface area contributed by atoms with Gasteiger partial charge in [0.05, 0.1) is 10.1 Å². The van der Waals surface area contributed by atoms with Crippen molar-refractivity contribution in [2.75, 3.05) is 6.61 Å². The first-order valence-electron chi connectivity index (χ1n) is 7.23. The smallest absolute Gasteiger partial charge is 0.167 e. The van der Waals surface area contributed by atoms with Crippen molar-refractivity contribution in [2.24, 2.45) is 5.92 Å². The maximum absolute atomic E-state index is 13.6. The van der Waals surface area contributed by atoms with E-state index in [0.717, 1.165) is 25.7 Å². The van der Waals surface area contributed by atoms with Crippen molar-refractivity contribution in [2.45, 2.75) is 44.1 Å². The molecule has 1 aromatic carbocycles. The number of ether oxygens (including phenoxy) is 1. The monoisotopic (exact) mass is 340 g/mol. The van der Waals surface area contributed by atoms with Gasteiger partial charge >= 0.3 is 0 Å². The van der Waals surface area contributed by atoms with E-state index >= 15 is 0 Å². The summed E-state index contributed by atoms with van der Waals surface area (Å²) in [6.45, 7) is 0.642. The molecule has 1 heterocycles. The fraction of sp³-hybridized carbons (Fsp3) is 0.562. The molecule has 1 spiro atoms. The van der Waals surface area contributed by atoms with Crippen LogP contribution < -0.4 is 0 Å². The minimum absolute atomic E-state index is 0.0417. The molecule has 2 fully saturated rings. The van der Waals surface area contributed by atoms with Gasteiger partial charge in [-0.3, -0.25) is 4.79 Å². The van der Waals surface area contributed by atoms with Crippen LogP contribution in [0.3, 0.4) is 0 Å². The summed E-state index contributed by atoms with van der Waals surface area (Å²) in [4.78, 5) is 12.7. The van der Waals surface area contributed by atoms with E-state index in [2.05, 4.69) is 15.9 Å². The van der Waals surface area contributed by atoms with Crippen LogP contribution in [0.15, 0.2) is 22.7 Å². The van der Waals surface area contributed by atoms with E-state index < -0.39 is 0 Å². The lowest BCUT2D eigenvalue weighted by molar-refractivity contribution is -0.0866. The summed E-state index contributed by atoms with van der Waals surface area (Å²) in [7, 11) is 0. The van der Waals surface area contributed by atoms with E-state index in [-0.39, 0.29) is 27.6 Å². The normalized spacial score (nSPS) is 25.0. The predicted molar refractivity (Wildman–Crippen MR) is 78.3 cm³/mol. The third kappa shape index (κ3) is 2.56. The number of Topliss-reactive ketones (excluding diaryl/α,β-unsaturated/α-hetero) is 1. The lowest BCUT2D eigenvalue weighted by atomic mass is 9.80. The Balaban J connectivity index is 1.81. The molecule has 4 heteroatoms. The zero-order chi connectivity index (χ0) is 14.2. The summed E-state index contributed by atoms with van der Waals surface area (Å²) >= 11 is 3.20. The highest BCUT2D eigenvalue weighted by Crippen LogP contribution is 2.43. The Bertz CT molecular complexity index is 523. The number of carbonyl (C=O) groups excluding carboxylic acids is 1. The largest absolute Gasteiger partial charge is 0.375 e. The molecule has 108 valence electrons. The quantitative estimate of drug-likeness (QED) is 0.740. The van der Waals surface area contributed by atoms with Crippen LogP contribution in [0.2, 0.25) is 0 Å². The molecule has 1 aromatic rings. The summed E-state index contributed by atoms with van der Waals surface area (Å²) in [5.41, 5.74) is 0.378. The van der Waals surface area contributed by atoms with E-state index in [1.54, 1.807) is 12.1 Å². The molecule has 0 aromatic heterocycles. The molecule has 1 aliphatic heterocycles. The van der Waals surface area contributed by atoms with Crippen LogP contribution in [0.1, 0.15) is 48.9 Å². The number of carbonyl (C=O) groups is 1. The molecule has 1 saturated carbocycles. The van der Waals surface area contributed by atoms with Gasteiger partial charge in [0.1, 0.15) is 5.82 Å². The Kier molecular flexibility index (Phi) is 3.95. The highest BCUT2D eigenvalue weighted by Gasteiger charge is 2.42. The summed E-state index contributed by atoms with van der Waals surface area (Å²) in [5, 5.41) is 0. The summed E-state index contributed by atoms with van der Waals surface area (Å²) in [6.07, 6.45) is 6.01. The van der Waals surface area contributed by atoms with E-state index in [4.69, 9.17) is 4.74 Å². The second kappa shape index (κ2) is 5.57. The second-order valence-corrected chi connectivity index (χ2v) is 6.69. The molecule has 1 aliphatic carbocycles. The molecular weight excluding hydrogens is 323 g/mol. The Labute approximate surface area is 126 Å². The first kappa shape index (κ1) is 14.2. The fourth-order valence-corrected chi connectivity index (χ4v) is 3.99. The summed E-state index contributed by atoms with van der Waals surface area (Å²) in [6, 6.07) is 4.66. The second-order valence-electron chi connectivity index (χ2n) is 5.89. The van der Waals surface area contributed by atoms with Crippen molar-refractivity contribution in [3.8, 4) is 0 Å². The fourth-order valence-electron chi connectivity index (χ4n) is 3.53. The molecule has 2 nitrogen and oxygen atoms in total. The molecule has 3 rings (SSSR count). The molecular formula is C16H18BrFO2. The SMILES string of the molecule is O=C(c1cccc(F)c1Br)C1CCOC2(CCCC2)C1. The van der Waals surface area contributed by atoms with Gasteiger partial charge < -0.3 is 4.74 Å². The van der Waals surface area contributed by atoms with E-state index in [1.165, 1.54) is 18.9 Å². The van der Waals surface area contributed by atoms with Crippen molar-refractivity contribution in [3.63, 3.8) is 0 Å². The highest BCUT2D eigenvalue weighted by molar-refractivity contribution is 9.10. The van der Waals surface area contributed by atoms with Gasteiger partial charge in [-0.05, 0) is 47.7 Å². The molecule has 0 radical (unpaired) electrons. The molecule has 1 atom stereocenters. The number of halogens is 2. The van der Waals surface area contributed by atoms with Crippen LogP contribution in [0.25, 0.3) is 0 Å². The van der Waals surface area contributed by atoms with Gasteiger partial charge in [0.15, 0.2) is 5.78 Å². The van der Waals surface area contributed by atoms with Crippen molar-refractivity contribution in [3.05, 3.63) is 34.1 Å². The van der Waals surface area contributed by atoms with Gasteiger partial charge in [-0.25, -0.2) is 4.39 Å². The van der Waals surface area contributed by atoms with Gasteiger partial charge in [-0.15, -0.1) is 0 Å². The zero-order valence-electron chi connectivity index (χ0n) is 11.3. The van der Waals surface area contributed by atoms with Crippen molar-refractivity contribution < 1.29 is 13.9 Å². The van der Waals surface area contributed by atoms with Gasteiger partial charge in [-0.1, -0.05) is 25.0 Å². The van der Waals surface area contributed by atoms with Crippen LogP contribution in [0, 0.1) is 11.7 Å². The summed E-state index contributed by atoms with van der Waals surface area (Å²) in [5.74, 6) is -0.371. The standard InChI is InChI=1S/C16H18BrFO2/c17-14-12(4-3-5-13(14)18)15(19)11-6-9-20-16(10-11)7-1-2-8-16/h3-5,11H,1-2,6-10H2. The van der Waals surface area contributed by atoms with Gasteiger partial charge in [0.25, 0.3) is 0 Å². The number of ketones is 1. The first-order valence-corrected chi connectivity index (χ1v) is 8.03. The zero-order valence-corrected chi connectivity index (χ0v) is 12.9. The van der Waals surface area contributed by atoms with E-state index in [9.17, 15) is 9.18 Å². The van der Waals surface area contributed by atoms with E-state index in [0.29, 0.717) is 12.2 Å². The lowest BCUT2D eigenvalue weighted by Gasteiger charge is -2.37. The third-order valence-corrected chi connectivity index (χ3v) is 5.40. The van der Waals surface area contributed by atoms with Crippen LogP contribution >= 0.6 is 15.9 Å². The Morgan fingerprint density at radius 3 is 2.85 bits per heavy atom. The Morgan fingerprint density at radius 2 is 2.10 bits per heavy atom. The van der Waals surface area contributed by atoms with Gasteiger partial charge in [-0.2, -0.15) is 0 Å². The van der Waals surface area contributed by atoms with Crippen molar-refractivity contribution >= 4 is 21.7 Å². The average Bonchev–Trinajstić information content (AvgIpc) is 2.89. The third-order valence-electron chi connectivity index (χ3n) is 4.60. The lowest BCUT2D eigenvalue weighted by Crippen LogP contribution is -2.39. The first-order chi connectivity index (χ1) is 9.61. The number of hydrogen-bond donors (Lipinski definition) is 0. The van der Waals surface area contributed by atoms with Crippen molar-refractivity contribution in [1.82, 2.24) is 0 Å². The molecule has 20 heavy (non-hydrogen) atoms. The molecule has 0 amide bonds. The maximum Gasteiger partial charge on any atom is 0.167 e. The summed E-state index contributed by atoms with van der Waals surface area (Å²) < 4.78 is 19.8. The molecule has 1 unspecified atom stereocenters. The van der Waals surface area contributed by atoms with Crippen molar-refractivity contribution in [1.29, 1.82) is 0 Å². The van der Waals surface area contributed by atoms with Crippen LogP contribution in [-0.2, 0) is 4.74 Å². The highest BCUT2D eigenvalue weighted by atomic mass is 79.9. The molecule has 0 N–H and O–H groups in total. The number of hydrogen-bond acceptors (Lipinski definition) is 2. The Morgan fingerprint density at radius 1 is 1.35 bits per heavy atom. The van der Waals surface area contributed by atoms with Gasteiger partial charge in [0.2, 0.25) is 0 Å². The molecule has 1 saturated heterocycles. The van der Waals surface area contributed by atoms with Gasteiger partial charge in [0, 0.05) is 18.1 Å². The maximum atomic E-state index is 13.6. The predicted octanol–water partition coefficient (Wildman–Crippen LogP) is 4.51. The Hall–Kier alpha value is -0.740. The van der Waals surface area contributed by atoms with Crippen LogP contribution in [-0.4, -0.2) is 18.0 Å². The van der Waals surface area contributed by atoms with E-state index in [1.807, 2.05) is 0 Å². The van der Waals surface area contributed by atoms with Crippen LogP contribution in [0.4, 0.5) is 4.39 Å². The number of rotatable bonds is 2.